The van der Waals surface area contributed by atoms with Crippen LogP contribution in [0.2, 0.25) is 0 Å². The average molecular weight is 303 g/mol. The van der Waals surface area contributed by atoms with Gasteiger partial charge < -0.3 is 10.1 Å². The molecule has 1 aliphatic heterocycles. The first-order valence-electron chi connectivity index (χ1n) is 8.90. The van der Waals surface area contributed by atoms with E-state index in [1.54, 1.807) is 0 Å². The zero-order valence-corrected chi connectivity index (χ0v) is 13.5. The second kappa shape index (κ2) is 8.61. The van der Waals surface area contributed by atoms with Crippen LogP contribution in [0.15, 0.2) is 24.5 Å². The van der Waals surface area contributed by atoms with Crippen LogP contribution >= 0.6 is 0 Å². The molecule has 22 heavy (non-hydrogen) atoms. The van der Waals surface area contributed by atoms with Gasteiger partial charge in [-0.05, 0) is 24.5 Å². The minimum atomic E-state index is 0.431. The Morgan fingerprint density at radius 3 is 2.86 bits per heavy atom. The molecule has 1 aliphatic carbocycles. The highest BCUT2D eigenvalue weighted by Crippen LogP contribution is 2.22. The fraction of sp³-hybridized carbons (Fsp3) is 0.722. The van der Waals surface area contributed by atoms with Crippen molar-refractivity contribution in [1.82, 2.24) is 15.2 Å². The molecule has 1 saturated carbocycles. The van der Waals surface area contributed by atoms with Gasteiger partial charge in [-0.15, -0.1) is 0 Å². The van der Waals surface area contributed by atoms with Gasteiger partial charge in [0, 0.05) is 44.6 Å². The van der Waals surface area contributed by atoms with E-state index in [2.05, 4.69) is 21.3 Å². The molecule has 0 spiro atoms. The Labute approximate surface area is 134 Å². The van der Waals surface area contributed by atoms with Gasteiger partial charge in [0.2, 0.25) is 0 Å². The smallest absolute Gasteiger partial charge is 0.0597 e. The van der Waals surface area contributed by atoms with Crippen molar-refractivity contribution >= 4 is 0 Å². The van der Waals surface area contributed by atoms with Crippen LogP contribution in [0.1, 0.15) is 50.1 Å². The minimum absolute atomic E-state index is 0.431. The van der Waals surface area contributed by atoms with Crippen LogP contribution in [0.25, 0.3) is 0 Å². The van der Waals surface area contributed by atoms with Gasteiger partial charge in [-0.2, -0.15) is 0 Å². The molecule has 3 rings (SSSR count). The Morgan fingerprint density at radius 2 is 2.09 bits per heavy atom. The molecule has 1 atom stereocenters. The van der Waals surface area contributed by atoms with E-state index in [1.807, 2.05) is 18.5 Å². The quantitative estimate of drug-likeness (QED) is 0.849. The maximum atomic E-state index is 6.17. The Kier molecular flexibility index (Phi) is 6.22. The Bertz CT molecular complexity index is 418. The second-order valence-electron chi connectivity index (χ2n) is 6.53. The lowest BCUT2D eigenvalue weighted by atomic mass is 10.1. The first-order valence-corrected chi connectivity index (χ1v) is 8.90. The fourth-order valence-electron chi connectivity index (χ4n) is 3.66. The minimum Gasteiger partial charge on any atom is -0.377 e. The third kappa shape index (κ3) is 4.51. The van der Waals surface area contributed by atoms with Crippen molar-refractivity contribution in [3.63, 3.8) is 0 Å². The normalized spacial score (nSPS) is 25.0. The van der Waals surface area contributed by atoms with E-state index in [0.29, 0.717) is 12.1 Å². The van der Waals surface area contributed by atoms with E-state index < -0.39 is 0 Å². The highest BCUT2D eigenvalue weighted by Gasteiger charge is 2.23. The van der Waals surface area contributed by atoms with Crippen molar-refractivity contribution in [1.29, 1.82) is 0 Å². The summed E-state index contributed by atoms with van der Waals surface area (Å²) in [6.45, 7) is 5.06. The van der Waals surface area contributed by atoms with E-state index >= 15 is 0 Å². The van der Waals surface area contributed by atoms with Crippen molar-refractivity contribution in [2.45, 2.75) is 50.7 Å². The molecule has 0 amide bonds. The van der Waals surface area contributed by atoms with Gasteiger partial charge in [0.1, 0.15) is 0 Å². The molecular weight excluding hydrogens is 274 g/mol. The Balaban J connectivity index is 1.49. The molecule has 2 heterocycles. The highest BCUT2D eigenvalue weighted by molar-refractivity contribution is 5.15. The summed E-state index contributed by atoms with van der Waals surface area (Å²) in [6, 6.07) is 4.65. The molecule has 1 saturated heterocycles. The molecule has 1 unspecified atom stereocenters. The van der Waals surface area contributed by atoms with E-state index in [-0.39, 0.29) is 0 Å². The number of pyridine rings is 1. The summed E-state index contributed by atoms with van der Waals surface area (Å²) in [6.07, 6.45) is 12.3. The second-order valence-corrected chi connectivity index (χ2v) is 6.53. The molecule has 2 fully saturated rings. The van der Waals surface area contributed by atoms with E-state index in [4.69, 9.17) is 4.74 Å². The monoisotopic (exact) mass is 303 g/mol. The SMILES string of the molecule is c1cncc(C2CNCCN2CCOC2CCCCCC2)c1. The number of hydrogen-bond donors (Lipinski definition) is 1. The van der Waals surface area contributed by atoms with Crippen LogP contribution in [-0.4, -0.2) is 48.8 Å². The van der Waals surface area contributed by atoms with Gasteiger partial charge in [-0.25, -0.2) is 0 Å². The summed E-state index contributed by atoms with van der Waals surface area (Å²) in [5, 5.41) is 3.50. The molecular formula is C18H29N3O. The lowest BCUT2D eigenvalue weighted by molar-refractivity contribution is 0.0180. The summed E-state index contributed by atoms with van der Waals surface area (Å²) in [4.78, 5) is 6.82. The predicted molar refractivity (Wildman–Crippen MR) is 88.9 cm³/mol. The summed E-state index contributed by atoms with van der Waals surface area (Å²) in [5.41, 5.74) is 1.31. The third-order valence-electron chi connectivity index (χ3n) is 4.96. The van der Waals surface area contributed by atoms with Gasteiger partial charge in [0.05, 0.1) is 12.7 Å². The van der Waals surface area contributed by atoms with Crippen LogP contribution in [0, 0.1) is 0 Å². The summed E-state index contributed by atoms with van der Waals surface area (Å²) in [5.74, 6) is 0. The summed E-state index contributed by atoms with van der Waals surface area (Å²) < 4.78 is 6.17. The van der Waals surface area contributed by atoms with E-state index in [1.165, 1.54) is 44.1 Å². The summed E-state index contributed by atoms with van der Waals surface area (Å²) >= 11 is 0. The van der Waals surface area contributed by atoms with Gasteiger partial charge in [-0.1, -0.05) is 31.7 Å². The van der Waals surface area contributed by atoms with Crippen LogP contribution in [0.4, 0.5) is 0 Å². The fourth-order valence-corrected chi connectivity index (χ4v) is 3.66. The first-order chi connectivity index (χ1) is 10.9. The molecule has 122 valence electrons. The lowest BCUT2D eigenvalue weighted by Crippen LogP contribution is -2.47. The number of ether oxygens (including phenoxy) is 1. The number of nitrogens with one attached hydrogen (secondary N) is 1. The molecule has 0 bridgehead atoms. The molecule has 4 heteroatoms. The van der Waals surface area contributed by atoms with Crippen LogP contribution < -0.4 is 5.32 Å². The predicted octanol–water partition coefficient (Wildman–Crippen LogP) is 2.77. The van der Waals surface area contributed by atoms with Crippen molar-refractivity contribution in [3.8, 4) is 0 Å². The molecule has 1 N–H and O–H groups in total. The Hall–Kier alpha value is -0.970. The van der Waals surface area contributed by atoms with Gasteiger partial charge in [0.25, 0.3) is 0 Å². The van der Waals surface area contributed by atoms with Gasteiger partial charge >= 0.3 is 0 Å². The van der Waals surface area contributed by atoms with Gasteiger partial charge in [0.15, 0.2) is 0 Å². The maximum absolute atomic E-state index is 6.17. The maximum Gasteiger partial charge on any atom is 0.0597 e. The molecule has 1 aromatic heterocycles. The van der Waals surface area contributed by atoms with E-state index in [0.717, 1.165) is 32.8 Å². The number of hydrogen-bond acceptors (Lipinski definition) is 4. The van der Waals surface area contributed by atoms with Crippen LogP contribution in [-0.2, 0) is 4.74 Å². The number of nitrogens with zero attached hydrogens (tertiary/aromatic N) is 2. The summed E-state index contributed by atoms with van der Waals surface area (Å²) in [7, 11) is 0. The first kappa shape index (κ1) is 15.9. The van der Waals surface area contributed by atoms with Gasteiger partial charge in [-0.3, -0.25) is 9.88 Å². The molecule has 0 aromatic carbocycles. The van der Waals surface area contributed by atoms with Crippen LogP contribution in [0.5, 0.6) is 0 Å². The zero-order valence-electron chi connectivity index (χ0n) is 13.5. The molecule has 2 aliphatic rings. The standard InChI is InChI=1S/C18H29N3O/c1-2-4-8-17(7-3-1)22-13-12-21-11-10-20-15-18(21)16-6-5-9-19-14-16/h5-6,9,14,17-18,20H,1-4,7-8,10-13,15H2. The van der Waals surface area contributed by atoms with Crippen molar-refractivity contribution in [3.05, 3.63) is 30.1 Å². The lowest BCUT2D eigenvalue weighted by Gasteiger charge is -2.36. The zero-order chi connectivity index (χ0) is 15.0. The van der Waals surface area contributed by atoms with Crippen LogP contribution in [0.3, 0.4) is 0 Å². The number of piperazine rings is 1. The Morgan fingerprint density at radius 1 is 1.23 bits per heavy atom. The number of aromatic nitrogens is 1. The largest absolute Gasteiger partial charge is 0.377 e. The highest BCUT2D eigenvalue weighted by atomic mass is 16.5. The van der Waals surface area contributed by atoms with E-state index in [9.17, 15) is 0 Å². The third-order valence-corrected chi connectivity index (χ3v) is 4.96. The number of rotatable bonds is 5. The molecule has 0 radical (unpaired) electrons. The van der Waals surface area contributed by atoms with Crippen molar-refractivity contribution < 1.29 is 4.74 Å². The van der Waals surface area contributed by atoms with Crippen molar-refractivity contribution in [2.24, 2.45) is 0 Å². The van der Waals surface area contributed by atoms with Crippen molar-refractivity contribution in [2.75, 3.05) is 32.8 Å². The molecule has 4 nitrogen and oxygen atoms in total. The average Bonchev–Trinajstić information content (AvgIpc) is 2.85. The molecule has 1 aromatic rings. The topological polar surface area (TPSA) is 37.4 Å².